The molecule has 0 bridgehead atoms. The first-order valence-corrected chi connectivity index (χ1v) is 5.46. The maximum absolute atomic E-state index is 4.97. The van der Waals surface area contributed by atoms with Crippen LogP contribution in [0.4, 0.5) is 0 Å². The normalized spacial score (nSPS) is 10.6. The largest absolute Gasteiger partial charge is 0.472 e. The molecule has 5 heteroatoms. The third-order valence-electron chi connectivity index (χ3n) is 1.86. The number of rotatable bonds is 4. The molecule has 0 radical (unpaired) electrons. The van der Waals surface area contributed by atoms with Gasteiger partial charge in [0, 0.05) is 23.5 Å². The summed E-state index contributed by atoms with van der Waals surface area (Å²) in [7, 11) is 0. The summed E-state index contributed by atoms with van der Waals surface area (Å²) in [5.41, 5.74) is 2.10. The van der Waals surface area contributed by atoms with E-state index in [1.807, 2.05) is 16.9 Å². The Morgan fingerprint density at radius 1 is 1.50 bits per heavy atom. The predicted octanol–water partition coefficient (Wildman–Crippen LogP) is 1.86. The van der Waals surface area contributed by atoms with Crippen LogP contribution in [0.3, 0.4) is 0 Å². The van der Waals surface area contributed by atoms with E-state index in [1.54, 1.807) is 12.5 Å². The van der Waals surface area contributed by atoms with Crippen molar-refractivity contribution >= 4 is 15.9 Å². The molecule has 0 aliphatic carbocycles. The molecule has 2 rings (SSSR count). The van der Waals surface area contributed by atoms with Crippen molar-refractivity contribution in [3.05, 3.63) is 36.0 Å². The van der Waals surface area contributed by atoms with Gasteiger partial charge in [-0.3, -0.25) is 0 Å². The summed E-state index contributed by atoms with van der Waals surface area (Å²) in [6.07, 6.45) is 6.23. The topological polar surface area (TPSA) is 43.9 Å². The molecule has 0 spiro atoms. The molecule has 0 N–H and O–H groups in total. The zero-order valence-corrected chi connectivity index (χ0v) is 9.14. The van der Waals surface area contributed by atoms with Gasteiger partial charge in [-0.05, 0) is 6.07 Å². The van der Waals surface area contributed by atoms with E-state index < -0.39 is 0 Å². The first kappa shape index (κ1) is 9.45. The first-order valence-electron chi connectivity index (χ1n) is 4.34. The smallest absolute Gasteiger partial charge is 0.0953 e. The number of hydrogen-bond donors (Lipinski definition) is 0. The van der Waals surface area contributed by atoms with Crippen molar-refractivity contribution in [2.75, 3.05) is 5.33 Å². The lowest BCUT2D eigenvalue weighted by atomic mass is 10.3. The van der Waals surface area contributed by atoms with Crippen molar-refractivity contribution in [2.24, 2.45) is 0 Å². The Hall–Kier alpha value is -1.10. The third-order valence-corrected chi connectivity index (χ3v) is 2.26. The second kappa shape index (κ2) is 4.41. The van der Waals surface area contributed by atoms with Crippen LogP contribution >= 0.6 is 15.9 Å². The molecule has 0 aromatic carbocycles. The van der Waals surface area contributed by atoms with E-state index in [1.165, 1.54) is 0 Å². The number of hydrogen-bond acceptors (Lipinski definition) is 3. The highest BCUT2D eigenvalue weighted by molar-refractivity contribution is 9.09. The summed E-state index contributed by atoms with van der Waals surface area (Å²) in [6.45, 7) is 0.714. The number of nitrogens with zero attached hydrogens (tertiary/aromatic N) is 3. The van der Waals surface area contributed by atoms with Crippen LogP contribution in [0.2, 0.25) is 0 Å². The molecule has 2 aromatic rings. The van der Waals surface area contributed by atoms with E-state index >= 15 is 0 Å². The maximum Gasteiger partial charge on any atom is 0.0953 e. The summed E-state index contributed by atoms with van der Waals surface area (Å²) in [6, 6.07) is 1.92. The highest BCUT2D eigenvalue weighted by Crippen LogP contribution is 2.03. The van der Waals surface area contributed by atoms with Crippen LogP contribution in [0.1, 0.15) is 11.3 Å². The predicted molar refractivity (Wildman–Crippen MR) is 55.3 cm³/mol. The van der Waals surface area contributed by atoms with Crippen LogP contribution in [0.25, 0.3) is 0 Å². The Bertz CT molecular complexity index is 382. The molecular formula is C9H10BrN3O. The van der Waals surface area contributed by atoms with E-state index in [0.717, 1.165) is 23.0 Å². The van der Waals surface area contributed by atoms with Gasteiger partial charge >= 0.3 is 0 Å². The lowest BCUT2D eigenvalue weighted by Gasteiger charge is -1.94. The quantitative estimate of drug-likeness (QED) is 0.784. The summed E-state index contributed by atoms with van der Waals surface area (Å²) < 4.78 is 6.78. The average Bonchev–Trinajstić information content (AvgIpc) is 2.79. The fourth-order valence-electron chi connectivity index (χ4n) is 1.20. The monoisotopic (exact) mass is 255 g/mol. The Kier molecular flexibility index (Phi) is 2.98. The van der Waals surface area contributed by atoms with Crippen molar-refractivity contribution in [2.45, 2.75) is 13.0 Å². The number of halogens is 1. The van der Waals surface area contributed by atoms with E-state index in [0.29, 0.717) is 6.54 Å². The molecule has 0 amide bonds. The van der Waals surface area contributed by atoms with Crippen molar-refractivity contribution in [1.29, 1.82) is 0 Å². The van der Waals surface area contributed by atoms with E-state index in [9.17, 15) is 0 Å². The maximum atomic E-state index is 4.97. The summed E-state index contributed by atoms with van der Waals surface area (Å²) in [5.74, 6) is 0. The zero-order valence-electron chi connectivity index (χ0n) is 7.56. The van der Waals surface area contributed by atoms with Gasteiger partial charge in [-0.2, -0.15) is 0 Å². The second-order valence-corrected chi connectivity index (χ2v) is 3.77. The highest BCUT2D eigenvalue weighted by atomic mass is 79.9. The zero-order chi connectivity index (χ0) is 9.80. The first-order chi connectivity index (χ1) is 6.88. The highest BCUT2D eigenvalue weighted by Gasteiger charge is 2.01. The molecule has 0 atom stereocenters. The van der Waals surface area contributed by atoms with Gasteiger partial charge in [0.25, 0.3) is 0 Å². The van der Waals surface area contributed by atoms with Gasteiger partial charge in [0.1, 0.15) is 0 Å². The van der Waals surface area contributed by atoms with Crippen LogP contribution in [0.15, 0.2) is 29.2 Å². The summed E-state index contributed by atoms with van der Waals surface area (Å²) >= 11 is 3.36. The fourth-order valence-corrected chi connectivity index (χ4v) is 1.60. The van der Waals surface area contributed by atoms with Crippen LogP contribution in [0.5, 0.6) is 0 Å². The third kappa shape index (κ3) is 2.23. The molecule has 0 unspecified atom stereocenters. The molecule has 14 heavy (non-hydrogen) atoms. The number of aromatic nitrogens is 3. The van der Waals surface area contributed by atoms with Gasteiger partial charge < -0.3 is 4.42 Å². The van der Waals surface area contributed by atoms with Gasteiger partial charge in [0.2, 0.25) is 0 Å². The SMILES string of the molecule is BrCCc1cn(Cc2ccoc2)nn1. The number of aryl methyl sites for hydroxylation is 1. The fraction of sp³-hybridized carbons (Fsp3) is 0.333. The van der Waals surface area contributed by atoms with E-state index in [4.69, 9.17) is 4.42 Å². The van der Waals surface area contributed by atoms with E-state index in [2.05, 4.69) is 26.2 Å². The standard InChI is InChI=1S/C9H10BrN3O/c10-3-1-9-6-13(12-11-9)5-8-2-4-14-7-8/h2,4,6-7H,1,3,5H2. The van der Waals surface area contributed by atoms with Gasteiger partial charge in [-0.1, -0.05) is 21.1 Å². The van der Waals surface area contributed by atoms with Crippen molar-refractivity contribution in [3.8, 4) is 0 Å². The molecule has 0 saturated heterocycles. The van der Waals surface area contributed by atoms with Crippen molar-refractivity contribution < 1.29 is 4.42 Å². The minimum Gasteiger partial charge on any atom is -0.472 e. The lowest BCUT2D eigenvalue weighted by molar-refractivity contribution is 0.558. The molecule has 0 aliphatic rings. The van der Waals surface area contributed by atoms with Gasteiger partial charge in [0.15, 0.2) is 0 Å². The molecule has 2 aromatic heterocycles. The average molecular weight is 256 g/mol. The minimum absolute atomic E-state index is 0.714. The Morgan fingerprint density at radius 3 is 3.14 bits per heavy atom. The molecule has 0 aliphatic heterocycles. The van der Waals surface area contributed by atoms with Crippen molar-refractivity contribution in [1.82, 2.24) is 15.0 Å². The molecule has 0 saturated carbocycles. The van der Waals surface area contributed by atoms with Crippen LogP contribution in [-0.4, -0.2) is 20.3 Å². The van der Waals surface area contributed by atoms with Crippen LogP contribution in [0, 0.1) is 0 Å². The Balaban J connectivity index is 2.03. The van der Waals surface area contributed by atoms with Gasteiger partial charge in [0.05, 0.1) is 24.8 Å². The van der Waals surface area contributed by atoms with Crippen molar-refractivity contribution in [3.63, 3.8) is 0 Å². The summed E-state index contributed by atoms with van der Waals surface area (Å²) in [4.78, 5) is 0. The minimum atomic E-state index is 0.714. The number of alkyl halides is 1. The Labute approximate surface area is 90.0 Å². The molecule has 74 valence electrons. The summed E-state index contributed by atoms with van der Waals surface area (Å²) in [5, 5.41) is 8.97. The Morgan fingerprint density at radius 2 is 2.43 bits per heavy atom. The van der Waals surface area contributed by atoms with Crippen LogP contribution in [-0.2, 0) is 13.0 Å². The lowest BCUT2D eigenvalue weighted by Crippen LogP contribution is -1.98. The van der Waals surface area contributed by atoms with Crippen LogP contribution < -0.4 is 0 Å². The molecule has 2 heterocycles. The van der Waals surface area contributed by atoms with E-state index in [-0.39, 0.29) is 0 Å². The molecular weight excluding hydrogens is 246 g/mol. The van der Waals surface area contributed by atoms with Gasteiger partial charge in [-0.15, -0.1) is 5.10 Å². The number of furan rings is 1. The second-order valence-electron chi connectivity index (χ2n) is 2.98. The molecule has 4 nitrogen and oxygen atoms in total. The molecule has 0 fully saturated rings. The van der Waals surface area contributed by atoms with Gasteiger partial charge in [-0.25, -0.2) is 4.68 Å².